The van der Waals surface area contributed by atoms with E-state index in [1.54, 1.807) is 0 Å². The zero-order valence-corrected chi connectivity index (χ0v) is 8.47. The Morgan fingerprint density at radius 3 is 2.54 bits per heavy atom. The SMILES string of the molecule is NCCCC1(CN)CC2CCC1C2. The standard InChI is InChI=1S/C11H22N2/c12-5-1-4-11(8-13)7-9-2-3-10(11)6-9/h9-10H,1-8,12-13H2. The largest absolute Gasteiger partial charge is 0.330 e. The monoisotopic (exact) mass is 182 g/mol. The van der Waals surface area contributed by atoms with Crippen LogP contribution in [-0.2, 0) is 0 Å². The second kappa shape index (κ2) is 3.58. The topological polar surface area (TPSA) is 52.0 Å². The number of hydrogen-bond donors (Lipinski definition) is 2. The van der Waals surface area contributed by atoms with Gasteiger partial charge in [-0.05, 0) is 62.4 Å². The maximum Gasteiger partial charge on any atom is -0.00178 e. The Labute approximate surface area is 81.1 Å². The Morgan fingerprint density at radius 1 is 1.23 bits per heavy atom. The van der Waals surface area contributed by atoms with Gasteiger partial charge in [-0.2, -0.15) is 0 Å². The molecule has 3 atom stereocenters. The lowest BCUT2D eigenvalue weighted by Crippen LogP contribution is -2.36. The molecule has 0 amide bonds. The van der Waals surface area contributed by atoms with Crippen molar-refractivity contribution in [1.29, 1.82) is 0 Å². The highest BCUT2D eigenvalue weighted by Crippen LogP contribution is 2.57. The third-order valence-electron chi connectivity index (χ3n) is 4.39. The van der Waals surface area contributed by atoms with Gasteiger partial charge in [-0.3, -0.25) is 0 Å². The molecule has 2 fully saturated rings. The maximum absolute atomic E-state index is 5.96. The molecule has 2 rings (SSSR count). The zero-order valence-electron chi connectivity index (χ0n) is 8.47. The third kappa shape index (κ3) is 1.50. The van der Waals surface area contributed by atoms with E-state index in [0.29, 0.717) is 5.41 Å². The minimum Gasteiger partial charge on any atom is -0.330 e. The van der Waals surface area contributed by atoms with Gasteiger partial charge < -0.3 is 11.5 Å². The summed E-state index contributed by atoms with van der Waals surface area (Å²) in [6.07, 6.45) is 8.21. The van der Waals surface area contributed by atoms with Crippen molar-refractivity contribution in [2.75, 3.05) is 13.1 Å². The predicted octanol–water partition coefficient (Wildman–Crippen LogP) is 1.49. The summed E-state index contributed by atoms with van der Waals surface area (Å²) < 4.78 is 0. The molecule has 76 valence electrons. The van der Waals surface area contributed by atoms with Gasteiger partial charge in [0.15, 0.2) is 0 Å². The van der Waals surface area contributed by atoms with Crippen LogP contribution in [0.3, 0.4) is 0 Å². The number of fused-ring (bicyclic) bond motifs is 2. The molecule has 2 bridgehead atoms. The highest BCUT2D eigenvalue weighted by atomic mass is 14.7. The summed E-state index contributed by atoms with van der Waals surface area (Å²) in [6.45, 7) is 1.73. The van der Waals surface area contributed by atoms with Gasteiger partial charge in [0.1, 0.15) is 0 Å². The number of hydrogen-bond acceptors (Lipinski definition) is 2. The normalized spacial score (nSPS) is 42.9. The van der Waals surface area contributed by atoms with Crippen molar-refractivity contribution in [2.24, 2.45) is 28.7 Å². The average molecular weight is 182 g/mol. The molecule has 2 nitrogen and oxygen atoms in total. The van der Waals surface area contributed by atoms with Crippen LogP contribution in [0.25, 0.3) is 0 Å². The van der Waals surface area contributed by atoms with E-state index in [4.69, 9.17) is 11.5 Å². The molecule has 4 N–H and O–H groups in total. The zero-order chi connectivity index (χ0) is 9.31. The fraction of sp³-hybridized carbons (Fsp3) is 1.00. The lowest BCUT2D eigenvalue weighted by Gasteiger charge is -2.36. The summed E-state index contributed by atoms with van der Waals surface area (Å²) in [6, 6.07) is 0. The highest BCUT2D eigenvalue weighted by Gasteiger charge is 2.49. The van der Waals surface area contributed by atoms with Crippen LogP contribution in [0.4, 0.5) is 0 Å². The molecule has 0 heterocycles. The van der Waals surface area contributed by atoms with E-state index in [0.717, 1.165) is 24.9 Å². The number of nitrogens with two attached hydrogens (primary N) is 2. The summed E-state index contributed by atoms with van der Waals surface area (Å²) >= 11 is 0. The van der Waals surface area contributed by atoms with E-state index < -0.39 is 0 Å². The Balaban J connectivity index is 1.99. The van der Waals surface area contributed by atoms with Crippen LogP contribution < -0.4 is 11.5 Å². The van der Waals surface area contributed by atoms with Crippen molar-refractivity contribution in [3.8, 4) is 0 Å². The van der Waals surface area contributed by atoms with E-state index in [2.05, 4.69) is 0 Å². The molecule has 0 spiro atoms. The van der Waals surface area contributed by atoms with Crippen molar-refractivity contribution in [3.05, 3.63) is 0 Å². The summed E-state index contributed by atoms with van der Waals surface area (Å²) in [7, 11) is 0. The molecule has 0 aromatic heterocycles. The Hall–Kier alpha value is -0.0800. The minimum atomic E-state index is 0.502. The van der Waals surface area contributed by atoms with E-state index in [1.165, 1.54) is 38.5 Å². The van der Waals surface area contributed by atoms with Crippen LogP contribution in [0.2, 0.25) is 0 Å². The molecular weight excluding hydrogens is 160 g/mol. The molecule has 0 aromatic rings. The molecule has 0 radical (unpaired) electrons. The Morgan fingerprint density at radius 2 is 2.08 bits per heavy atom. The Bertz CT molecular complexity index is 181. The fourth-order valence-electron chi connectivity index (χ4n) is 3.67. The first kappa shape index (κ1) is 9.47. The lowest BCUT2D eigenvalue weighted by atomic mass is 9.70. The van der Waals surface area contributed by atoms with Crippen LogP contribution in [-0.4, -0.2) is 13.1 Å². The van der Waals surface area contributed by atoms with E-state index in [1.807, 2.05) is 0 Å². The molecule has 0 aromatic carbocycles. The number of rotatable bonds is 4. The van der Waals surface area contributed by atoms with E-state index >= 15 is 0 Å². The van der Waals surface area contributed by atoms with Crippen molar-refractivity contribution in [1.82, 2.24) is 0 Å². The fourth-order valence-corrected chi connectivity index (χ4v) is 3.67. The summed E-state index contributed by atoms with van der Waals surface area (Å²) in [4.78, 5) is 0. The van der Waals surface area contributed by atoms with Gasteiger partial charge in [0.2, 0.25) is 0 Å². The molecule has 0 saturated heterocycles. The minimum absolute atomic E-state index is 0.502. The molecule has 2 aliphatic rings. The summed E-state index contributed by atoms with van der Waals surface area (Å²) in [5, 5.41) is 0. The summed E-state index contributed by atoms with van der Waals surface area (Å²) in [5.41, 5.74) is 12.0. The van der Waals surface area contributed by atoms with Gasteiger partial charge in [-0.15, -0.1) is 0 Å². The van der Waals surface area contributed by atoms with Crippen molar-refractivity contribution >= 4 is 0 Å². The summed E-state index contributed by atoms with van der Waals surface area (Å²) in [5.74, 6) is 1.94. The van der Waals surface area contributed by atoms with Crippen LogP contribution in [0.5, 0.6) is 0 Å². The highest BCUT2D eigenvalue weighted by molar-refractivity contribution is 5.00. The average Bonchev–Trinajstić information content (AvgIpc) is 2.74. The maximum atomic E-state index is 5.96. The van der Waals surface area contributed by atoms with Crippen LogP contribution in [0.15, 0.2) is 0 Å². The van der Waals surface area contributed by atoms with E-state index in [9.17, 15) is 0 Å². The van der Waals surface area contributed by atoms with Crippen LogP contribution in [0.1, 0.15) is 38.5 Å². The molecule has 3 unspecified atom stereocenters. The van der Waals surface area contributed by atoms with Crippen molar-refractivity contribution in [3.63, 3.8) is 0 Å². The van der Waals surface area contributed by atoms with Gasteiger partial charge in [0.05, 0.1) is 0 Å². The first-order valence-corrected chi connectivity index (χ1v) is 5.71. The smallest absolute Gasteiger partial charge is 0.00178 e. The first-order chi connectivity index (χ1) is 6.30. The third-order valence-corrected chi connectivity index (χ3v) is 4.39. The lowest BCUT2D eigenvalue weighted by molar-refractivity contribution is 0.154. The van der Waals surface area contributed by atoms with Gasteiger partial charge in [0, 0.05) is 0 Å². The van der Waals surface area contributed by atoms with Crippen LogP contribution in [0, 0.1) is 17.3 Å². The quantitative estimate of drug-likeness (QED) is 0.692. The Kier molecular flexibility index (Phi) is 2.61. The molecular formula is C11H22N2. The molecule has 0 aliphatic heterocycles. The molecule has 2 aliphatic carbocycles. The van der Waals surface area contributed by atoms with Gasteiger partial charge in [0.25, 0.3) is 0 Å². The molecule has 13 heavy (non-hydrogen) atoms. The predicted molar refractivity (Wildman–Crippen MR) is 55.2 cm³/mol. The molecule has 2 heteroatoms. The van der Waals surface area contributed by atoms with Crippen molar-refractivity contribution in [2.45, 2.75) is 38.5 Å². The van der Waals surface area contributed by atoms with Crippen LogP contribution >= 0.6 is 0 Å². The first-order valence-electron chi connectivity index (χ1n) is 5.71. The molecule has 2 saturated carbocycles. The second-order valence-electron chi connectivity index (χ2n) is 5.04. The van der Waals surface area contributed by atoms with Gasteiger partial charge in [-0.1, -0.05) is 6.42 Å². The van der Waals surface area contributed by atoms with Gasteiger partial charge >= 0.3 is 0 Å². The van der Waals surface area contributed by atoms with Gasteiger partial charge in [-0.25, -0.2) is 0 Å². The van der Waals surface area contributed by atoms with Crippen molar-refractivity contribution < 1.29 is 0 Å². The second-order valence-corrected chi connectivity index (χ2v) is 5.04. The van der Waals surface area contributed by atoms with E-state index in [-0.39, 0.29) is 0 Å².